The van der Waals surface area contributed by atoms with Crippen LogP contribution in [0.5, 0.6) is 0 Å². The number of hydrogen-bond acceptors (Lipinski definition) is 5. The van der Waals surface area contributed by atoms with Crippen LogP contribution in [0.25, 0.3) is 0 Å². The normalized spacial score (nSPS) is 14.4. The zero-order valence-corrected chi connectivity index (χ0v) is 9.96. The topological polar surface area (TPSA) is 62.0 Å². The summed E-state index contributed by atoms with van der Waals surface area (Å²) in [7, 11) is 1.94. The second-order valence-corrected chi connectivity index (χ2v) is 4.33. The van der Waals surface area contributed by atoms with Gasteiger partial charge in [0.25, 0.3) is 0 Å². The highest BCUT2D eigenvalue weighted by Crippen LogP contribution is 2.28. The van der Waals surface area contributed by atoms with E-state index in [2.05, 4.69) is 10.2 Å². The van der Waals surface area contributed by atoms with E-state index in [1.807, 2.05) is 18.0 Å². The lowest BCUT2D eigenvalue weighted by atomic mass is 10.4. The average molecular weight is 232 g/mol. The second-order valence-electron chi connectivity index (χ2n) is 4.33. The maximum atomic E-state index is 8.61. The number of aromatic nitrogens is 2. The molecule has 0 amide bonds. The van der Waals surface area contributed by atoms with E-state index in [0.29, 0.717) is 12.3 Å². The molecule has 1 heterocycles. The van der Waals surface area contributed by atoms with Crippen molar-refractivity contribution in [1.82, 2.24) is 10.2 Å². The minimum atomic E-state index is 0.340. The molecule has 0 bridgehead atoms. The first-order valence-corrected chi connectivity index (χ1v) is 5.82. The van der Waals surface area contributed by atoms with Crippen LogP contribution in [-0.4, -0.2) is 37.0 Å². The van der Waals surface area contributed by atoms with Crippen molar-refractivity contribution in [2.24, 2.45) is 5.92 Å². The van der Waals surface area contributed by atoms with E-state index in [-0.39, 0.29) is 0 Å². The van der Waals surface area contributed by atoms with Crippen molar-refractivity contribution in [2.45, 2.75) is 12.8 Å². The lowest BCUT2D eigenvalue weighted by Crippen LogP contribution is -2.24. The first-order valence-electron chi connectivity index (χ1n) is 5.82. The van der Waals surface area contributed by atoms with Crippen molar-refractivity contribution in [3.63, 3.8) is 0 Å². The quantitative estimate of drug-likeness (QED) is 0.690. The van der Waals surface area contributed by atoms with Crippen molar-refractivity contribution in [2.75, 3.05) is 31.7 Å². The minimum Gasteiger partial charge on any atom is -0.379 e. The number of anilines is 1. The lowest BCUT2D eigenvalue weighted by Gasteiger charge is -2.17. The van der Waals surface area contributed by atoms with Gasteiger partial charge in [0.05, 0.1) is 6.61 Å². The van der Waals surface area contributed by atoms with Crippen LogP contribution < -0.4 is 4.90 Å². The minimum absolute atomic E-state index is 0.340. The first kappa shape index (κ1) is 11.8. The van der Waals surface area contributed by atoms with Gasteiger partial charge in [-0.1, -0.05) is 0 Å². The highest BCUT2D eigenvalue weighted by molar-refractivity contribution is 5.37. The third-order valence-corrected chi connectivity index (χ3v) is 2.78. The molecule has 0 unspecified atom stereocenters. The molecule has 5 nitrogen and oxygen atoms in total. The zero-order chi connectivity index (χ0) is 12.1. The van der Waals surface area contributed by atoms with Gasteiger partial charge >= 0.3 is 0 Å². The summed E-state index contributed by atoms with van der Waals surface area (Å²) in [4.78, 5) is 1.97. The molecule has 90 valence electrons. The molecule has 1 saturated carbocycles. The van der Waals surface area contributed by atoms with E-state index in [1.165, 1.54) is 12.8 Å². The van der Waals surface area contributed by atoms with E-state index in [0.717, 1.165) is 24.9 Å². The van der Waals surface area contributed by atoms with Crippen LogP contribution in [0.2, 0.25) is 0 Å². The summed E-state index contributed by atoms with van der Waals surface area (Å²) in [5.41, 5.74) is 0.340. The Morgan fingerprint density at radius 2 is 2.29 bits per heavy atom. The Labute approximate surface area is 101 Å². The van der Waals surface area contributed by atoms with E-state index >= 15 is 0 Å². The van der Waals surface area contributed by atoms with Crippen molar-refractivity contribution in [3.8, 4) is 6.07 Å². The van der Waals surface area contributed by atoms with Crippen molar-refractivity contribution in [1.29, 1.82) is 5.26 Å². The smallest absolute Gasteiger partial charge is 0.163 e. The molecule has 17 heavy (non-hydrogen) atoms. The molecule has 0 aromatic carbocycles. The molecular weight excluding hydrogens is 216 g/mol. The molecular formula is C12H16N4O. The molecule has 0 radical (unpaired) electrons. The van der Waals surface area contributed by atoms with Crippen molar-refractivity contribution < 1.29 is 4.74 Å². The van der Waals surface area contributed by atoms with Gasteiger partial charge in [-0.05, 0) is 30.9 Å². The number of rotatable bonds is 6. The van der Waals surface area contributed by atoms with Crippen LogP contribution in [0.3, 0.4) is 0 Å². The van der Waals surface area contributed by atoms with Gasteiger partial charge in [0.1, 0.15) is 6.07 Å². The average Bonchev–Trinajstić information content (AvgIpc) is 3.18. The Kier molecular flexibility index (Phi) is 3.89. The molecule has 0 saturated heterocycles. The van der Waals surface area contributed by atoms with Crippen LogP contribution in [0.15, 0.2) is 12.1 Å². The molecule has 5 heteroatoms. The number of hydrogen-bond donors (Lipinski definition) is 0. The zero-order valence-electron chi connectivity index (χ0n) is 9.96. The molecule has 1 aliphatic rings. The van der Waals surface area contributed by atoms with Gasteiger partial charge in [0, 0.05) is 20.2 Å². The Morgan fingerprint density at radius 1 is 1.47 bits per heavy atom. The fourth-order valence-corrected chi connectivity index (χ4v) is 1.44. The lowest BCUT2D eigenvalue weighted by molar-refractivity contribution is 0.130. The largest absolute Gasteiger partial charge is 0.379 e. The summed E-state index contributed by atoms with van der Waals surface area (Å²) >= 11 is 0. The van der Waals surface area contributed by atoms with E-state index in [4.69, 9.17) is 10.00 Å². The Balaban J connectivity index is 1.73. The van der Waals surface area contributed by atoms with Crippen LogP contribution in [0.4, 0.5) is 5.82 Å². The monoisotopic (exact) mass is 232 g/mol. The molecule has 0 spiro atoms. The summed E-state index contributed by atoms with van der Waals surface area (Å²) in [6.45, 7) is 2.37. The third kappa shape index (κ3) is 3.68. The predicted octanol–water partition coefficient (Wildman–Crippen LogP) is 1.21. The van der Waals surface area contributed by atoms with Gasteiger partial charge in [0.15, 0.2) is 11.5 Å². The van der Waals surface area contributed by atoms with E-state index in [1.54, 1.807) is 12.1 Å². The van der Waals surface area contributed by atoms with Crippen LogP contribution in [0.1, 0.15) is 18.5 Å². The van der Waals surface area contributed by atoms with Crippen LogP contribution in [-0.2, 0) is 4.74 Å². The summed E-state index contributed by atoms with van der Waals surface area (Å²) < 4.78 is 5.55. The maximum Gasteiger partial charge on any atom is 0.163 e. The van der Waals surface area contributed by atoms with Crippen LogP contribution in [0, 0.1) is 17.2 Å². The third-order valence-electron chi connectivity index (χ3n) is 2.78. The molecule has 1 aromatic rings. The van der Waals surface area contributed by atoms with Gasteiger partial charge < -0.3 is 9.64 Å². The Bertz CT molecular complexity index is 394. The van der Waals surface area contributed by atoms with Gasteiger partial charge in [-0.25, -0.2) is 0 Å². The summed E-state index contributed by atoms with van der Waals surface area (Å²) in [6, 6.07) is 5.42. The highest BCUT2D eigenvalue weighted by Gasteiger charge is 2.20. The molecule has 1 aliphatic carbocycles. The summed E-state index contributed by atoms with van der Waals surface area (Å²) in [6.07, 6.45) is 2.63. The maximum absolute atomic E-state index is 8.61. The van der Waals surface area contributed by atoms with E-state index in [9.17, 15) is 0 Å². The Morgan fingerprint density at radius 3 is 2.88 bits per heavy atom. The number of nitriles is 1. The Hall–Kier alpha value is -1.67. The standard InChI is InChI=1S/C12H16N4O/c1-16(6-7-17-9-10-2-3-10)12-5-4-11(8-13)14-15-12/h4-5,10H,2-3,6-7,9H2,1H3. The fraction of sp³-hybridized carbons (Fsp3) is 0.583. The number of ether oxygens (including phenoxy) is 1. The molecule has 1 fully saturated rings. The summed E-state index contributed by atoms with van der Waals surface area (Å²) in [5.74, 6) is 1.56. The molecule has 0 N–H and O–H groups in total. The van der Waals surface area contributed by atoms with Crippen molar-refractivity contribution >= 4 is 5.82 Å². The van der Waals surface area contributed by atoms with Gasteiger partial charge in [-0.15, -0.1) is 10.2 Å². The van der Waals surface area contributed by atoms with Crippen molar-refractivity contribution in [3.05, 3.63) is 17.8 Å². The number of likely N-dealkylation sites (N-methyl/N-ethyl adjacent to an activating group) is 1. The van der Waals surface area contributed by atoms with Gasteiger partial charge in [-0.3, -0.25) is 0 Å². The fourth-order valence-electron chi connectivity index (χ4n) is 1.44. The highest BCUT2D eigenvalue weighted by atomic mass is 16.5. The SMILES string of the molecule is CN(CCOCC1CC1)c1ccc(C#N)nn1. The first-order chi connectivity index (χ1) is 8.29. The van der Waals surface area contributed by atoms with Gasteiger partial charge in [-0.2, -0.15) is 5.26 Å². The second kappa shape index (κ2) is 5.60. The molecule has 0 aliphatic heterocycles. The molecule has 2 rings (SSSR count). The summed E-state index contributed by atoms with van der Waals surface area (Å²) in [5, 5.41) is 16.4. The van der Waals surface area contributed by atoms with Crippen LogP contribution >= 0.6 is 0 Å². The number of nitrogens with zero attached hydrogens (tertiary/aromatic N) is 4. The molecule has 0 atom stereocenters. The predicted molar refractivity (Wildman–Crippen MR) is 63.6 cm³/mol. The van der Waals surface area contributed by atoms with Gasteiger partial charge in [0.2, 0.25) is 0 Å². The van der Waals surface area contributed by atoms with E-state index < -0.39 is 0 Å². The molecule has 1 aromatic heterocycles.